The van der Waals surface area contributed by atoms with E-state index in [0.717, 1.165) is 0 Å². The largest absolute Gasteiger partial charge is 0.459 e. The molecule has 0 aliphatic carbocycles. The van der Waals surface area contributed by atoms with Gasteiger partial charge in [-0.25, -0.2) is 0 Å². The minimum absolute atomic E-state index is 0.0385. The Morgan fingerprint density at radius 3 is 2.56 bits per heavy atom. The van der Waals surface area contributed by atoms with E-state index in [-0.39, 0.29) is 29.5 Å². The molecule has 8 nitrogen and oxygen atoms in total. The fourth-order valence-corrected chi connectivity index (χ4v) is 2.41. The van der Waals surface area contributed by atoms with Gasteiger partial charge in [-0.1, -0.05) is 17.3 Å². The summed E-state index contributed by atoms with van der Waals surface area (Å²) in [6, 6.07) is 9.68. The minimum Gasteiger partial charge on any atom is -0.459 e. The van der Waals surface area contributed by atoms with Gasteiger partial charge in [-0.05, 0) is 45.0 Å². The minimum atomic E-state index is -0.503. The second-order valence-electron chi connectivity index (χ2n) is 6.34. The normalized spacial score (nSPS) is 12.0. The van der Waals surface area contributed by atoms with Gasteiger partial charge >= 0.3 is 0 Å². The molecule has 3 aromatic rings. The molecule has 0 spiro atoms. The molecule has 0 fully saturated rings. The first-order valence-corrected chi connectivity index (χ1v) is 8.53. The Morgan fingerprint density at radius 2 is 1.85 bits per heavy atom. The summed E-state index contributed by atoms with van der Waals surface area (Å²) in [7, 11) is 0. The number of aromatic nitrogens is 2. The van der Waals surface area contributed by atoms with Crippen LogP contribution >= 0.6 is 0 Å². The van der Waals surface area contributed by atoms with Crippen molar-refractivity contribution >= 4 is 11.8 Å². The Balaban J connectivity index is 1.73. The van der Waals surface area contributed by atoms with Crippen molar-refractivity contribution in [2.24, 2.45) is 0 Å². The molecule has 0 bridgehead atoms. The smallest absolute Gasteiger partial charge is 0.287 e. The Kier molecular flexibility index (Phi) is 5.35. The van der Waals surface area contributed by atoms with Crippen molar-refractivity contribution in [2.75, 3.05) is 0 Å². The van der Waals surface area contributed by atoms with Gasteiger partial charge in [0.1, 0.15) is 6.04 Å². The zero-order valence-corrected chi connectivity index (χ0v) is 15.2. The van der Waals surface area contributed by atoms with E-state index >= 15 is 0 Å². The van der Waals surface area contributed by atoms with Gasteiger partial charge in [0.25, 0.3) is 11.8 Å². The van der Waals surface area contributed by atoms with E-state index in [9.17, 15) is 9.59 Å². The van der Waals surface area contributed by atoms with E-state index < -0.39 is 6.04 Å². The van der Waals surface area contributed by atoms with Gasteiger partial charge in [0.05, 0.1) is 6.26 Å². The molecule has 2 aromatic heterocycles. The number of hydrogen-bond acceptors (Lipinski definition) is 6. The van der Waals surface area contributed by atoms with E-state index in [1.54, 1.807) is 43.3 Å². The highest BCUT2D eigenvalue weighted by atomic mass is 16.5. The Morgan fingerprint density at radius 1 is 1.04 bits per heavy atom. The van der Waals surface area contributed by atoms with Crippen molar-refractivity contribution in [1.82, 2.24) is 20.8 Å². The lowest BCUT2D eigenvalue weighted by Crippen LogP contribution is -2.30. The topological polar surface area (TPSA) is 110 Å². The van der Waals surface area contributed by atoms with Crippen LogP contribution < -0.4 is 10.6 Å². The standard InChI is InChI=1S/C19H20N4O4/c1-11(2)20-17(24)14-7-4-6-13(10-14)16-22-19(27-23-16)12(3)21-18(25)15-8-5-9-26-15/h4-12H,1-3H3,(H,20,24)(H,21,25)/t12-/m1/s1. The molecular weight excluding hydrogens is 348 g/mol. The Labute approximate surface area is 156 Å². The first-order valence-electron chi connectivity index (χ1n) is 8.53. The molecule has 2 amide bonds. The first kappa shape index (κ1) is 18.4. The number of hydrogen-bond donors (Lipinski definition) is 2. The summed E-state index contributed by atoms with van der Waals surface area (Å²) in [5.41, 5.74) is 1.15. The maximum atomic E-state index is 12.2. The second kappa shape index (κ2) is 7.86. The van der Waals surface area contributed by atoms with Crippen molar-refractivity contribution < 1.29 is 18.5 Å². The van der Waals surface area contributed by atoms with Crippen LogP contribution in [0.5, 0.6) is 0 Å². The van der Waals surface area contributed by atoms with Crippen LogP contribution in [0.3, 0.4) is 0 Å². The third-order valence-electron chi connectivity index (χ3n) is 3.71. The molecule has 1 aromatic carbocycles. The predicted molar refractivity (Wildman–Crippen MR) is 96.9 cm³/mol. The maximum Gasteiger partial charge on any atom is 0.287 e. The number of amides is 2. The summed E-state index contributed by atoms with van der Waals surface area (Å²) in [4.78, 5) is 28.5. The molecule has 0 saturated carbocycles. The van der Waals surface area contributed by atoms with Gasteiger partial charge < -0.3 is 19.6 Å². The average molecular weight is 368 g/mol. The van der Waals surface area contributed by atoms with Crippen LogP contribution in [0, 0.1) is 0 Å². The molecule has 27 heavy (non-hydrogen) atoms. The summed E-state index contributed by atoms with van der Waals surface area (Å²) in [6.07, 6.45) is 1.42. The molecule has 2 N–H and O–H groups in total. The zero-order valence-electron chi connectivity index (χ0n) is 15.2. The number of nitrogens with zero attached hydrogens (tertiary/aromatic N) is 2. The molecule has 0 unspecified atom stereocenters. The molecule has 2 heterocycles. The van der Waals surface area contributed by atoms with Gasteiger partial charge in [-0.15, -0.1) is 0 Å². The van der Waals surface area contributed by atoms with Crippen LogP contribution in [0.25, 0.3) is 11.4 Å². The van der Waals surface area contributed by atoms with Crippen molar-refractivity contribution in [3.63, 3.8) is 0 Å². The highest BCUT2D eigenvalue weighted by Gasteiger charge is 2.19. The van der Waals surface area contributed by atoms with Crippen LogP contribution in [-0.2, 0) is 0 Å². The Hall–Kier alpha value is -3.42. The highest BCUT2D eigenvalue weighted by Crippen LogP contribution is 2.20. The molecule has 3 rings (SSSR count). The number of carbonyl (C=O) groups is 2. The van der Waals surface area contributed by atoms with Crippen molar-refractivity contribution in [3.8, 4) is 11.4 Å². The summed E-state index contributed by atoms with van der Waals surface area (Å²) < 4.78 is 10.3. The maximum absolute atomic E-state index is 12.2. The molecular formula is C19H20N4O4. The van der Waals surface area contributed by atoms with Crippen LogP contribution in [0.4, 0.5) is 0 Å². The highest BCUT2D eigenvalue weighted by molar-refractivity contribution is 5.95. The van der Waals surface area contributed by atoms with Gasteiger partial charge in [-0.2, -0.15) is 4.98 Å². The molecule has 0 radical (unpaired) electrons. The second-order valence-corrected chi connectivity index (χ2v) is 6.34. The first-order chi connectivity index (χ1) is 12.9. The third-order valence-corrected chi connectivity index (χ3v) is 3.71. The summed E-state index contributed by atoms with van der Waals surface area (Å²) >= 11 is 0. The van der Waals surface area contributed by atoms with Crippen molar-refractivity contribution in [1.29, 1.82) is 0 Å². The van der Waals surface area contributed by atoms with E-state index in [0.29, 0.717) is 17.0 Å². The molecule has 0 aliphatic heterocycles. The number of carbonyl (C=O) groups excluding carboxylic acids is 2. The summed E-state index contributed by atoms with van der Waals surface area (Å²) in [5, 5.41) is 9.50. The molecule has 140 valence electrons. The monoisotopic (exact) mass is 368 g/mol. The van der Waals surface area contributed by atoms with Gasteiger partial charge in [0, 0.05) is 17.2 Å². The van der Waals surface area contributed by atoms with E-state index in [1.807, 2.05) is 13.8 Å². The van der Waals surface area contributed by atoms with Crippen LogP contribution in [0.2, 0.25) is 0 Å². The van der Waals surface area contributed by atoms with Gasteiger partial charge in [0.15, 0.2) is 5.76 Å². The number of nitrogens with one attached hydrogen (secondary N) is 2. The van der Waals surface area contributed by atoms with Crippen LogP contribution in [0.15, 0.2) is 51.6 Å². The fraction of sp³-hybridized carbons (Fsp3) is 0.263. The van der Waals surface area contributed by atoms with Crippen LogP contribution in [-0.4, -0.2) is 28.0 Å². The molecule has 1 atom stereocenters. The quantitative estimate of drug-likeness (QED) is 0.692. The van der Waals surface area contributed by atoms with E-state index in [4.69, 9.17) is 8.94 Å². The molecule has 0 saturated heterocycles. The van der Waals surface area contributed by atoms with Crippen molar-refractivity contribution in [2.45, 2.75) is 32.9 Å². The Bertz CT molecular complexity index is 931. The average Bonchev–Trinajstić information content (AvgIpc) is 3.33. The number of benzene rings is 1. The lowest BCUT2D eigenvalue weighted by molar-refractivity contribution is 0.0903. The number of furan rings is 1. The van der Waals surface area contributed by atoms with Crippen LogP contribution in [0.1, 0.15) is 53.6 Å². The van der Waals surface area contributed by atoms with Gasteiger partial charge in [-0.3, -0.25) is 9.59 Å². The third kappa shape index (κ3) is 4.41. The molecule has 8 heteroatoms. The van der Waals surface area contributed by atoms with Gasteiger partial charge in [0.2, 0.25) is 11.7 Å². The molecule has 0 aliphatic rings. The van der Waals surface area contributed by atoms with Crippen molar-refractivity contribution in [3.05, 3.63) is 59.9 Å². The fourth-order valence-electron chi connectivity index (χ4n) is 2.41. The summed E-state index contributed by atoms with van der Waals surface area (Å²) in [5.74, 6) is 0.241. The SMILES string of the molecule is CC(C)NC(=O)c1cccc(-c2noc([C@@H](C)NC(=O)c3ccco3)n2)c1. The summed E-state index contributed by atoms with van der Waals surface area (Å²) in [6.45, 7) is 5.52. The number of rotatable bonds is 6. The van der Waals surface area contributed by atoms with E-state index in [2.05, 4.69) is 20.8 Å². The lowest BCUT2D eigenvalue weighted by atomic mass is 10.1. The zero-order chi connectivity index (χ0) is 19.4. The lowest BCUT2D eigenvalue weighted by Gasteiger charge is -2.08. The van der Waals surface area contributed by atoms with E-state index in [1.165, 1.54) is 6.26 Å². The predicted octanol–water partition coefficient (Wildman–Crippen LogP) is 2.96.